The van der Waals surface area contributed by atoms with Crippen LogP contribution >= 0.6 is 0 Å². The molecule has 0 radical (unpaired) electrons. The topological polar surface area (TPSA) is 21.3 Å². The van der Waals surface area contributed by atoms with E-state index in [4.69, 9.17) is 4.42 Å². The SMILES string of the molecule is c1ccc(-c2cccc(-c3cccc(N(c4ccc(-c5cccc(-c6ccc(-n7c8ccccc8c8ccccc87)cc6)c5)cc4)c4ccc(-c5ccc6c(c5)oc5ccccc56)cc4)c3)c2)cc1. The van der Waals surface area contributed by atoms with Gasteiger partial charge in [-0.1, -0.05) is 176 Å². The van der Waals surface area contributed by atoms with E-state index in [0.717, 1.165) is 66.9 Å². The van der Waals surface area contributed by atoms with E-state index < -0.39 is 0 Å². The Morgan fingerprint density at radius 3 is 1.25 bits per heavy atom. The van der Waals surface area contributed by atoms with Crippen molar-refractivity contribution in [3.63, 3.8) is 0 Å². The number of para-hydroxylation sites is 3. The van der Waals surface area contributed by atoms with Gasteiger partial charge < -0.3 is 13.9 Å². The highest BCUT2D eigenvalue weighted by atomic mass is 16.3. The molecule has 0 spiro atoms. The summed E-state index contributed by atoms with van der Waals surface area (Å²) in [5.74, 6) is 0. The van der Waals surface area contributed by atoms with Crippen LogP contribution in [0.2, 0.25) is 0 Å². The average Bonchev–Trinajstić information content (AvgIpc) is 3.97. The first kappa shape index (κ1) is 40.1. The molecule has 0 fully saturated rings. The molecule has 0 N–H and O–H groups in total. The van der Waals surface area contributed by atoms with Crippen molar-refractivity contribution in [2.45, 2.75) is 0 Å². The summed E-state index contributed by atoms with van der Waals surface area (Å²) in [7, 11) is 0. The van der Waals surface area contributed by atoms with Gasteiger partial charge in [0, 0.05) is 44.3 Å². The fourth-order valence-corrected chi connectivity index (χ4v) is 10.2. The highest BCUT2D eigenvalue weighted by molar-refractivity contribution is 6.09. The van der Waals surface area contributed by atoms with Gasteiger partial charge in [-0.2, -0.15) is 0 Å². The first-order valence-electron chi connectivity index (χ1n) is 23.6. The Hall–Kier alpha value is -9.18. The lowest BCUT2D eigenvalue weighted by Crippen LogP contribution is -2.10. The van der Waals surface area contributed by atoms with E-state index in [-0.39, 0.29) is 0 Å². The van der Waals surface area contributed by atoms with Gasteiger partial charge in [-0.3, -0.25) is 0 Å². The molecule has 0 bridgehead atoms. The van der Waals surface area contributed by atoms with Crippen LogP contribution in [0.15, 0.2) is 271 Å². The first-order chi connectivity index (χ1) is 34.2. The average molecular weight is 881 g/mol. The minimum atomic E-state index is 0.895. The van der Waals surface area contributed by atoms with Crippen molar-refractivity contribution in [3.05, 3.63) is 267 Å². The summed E-state index contributed by atoms with van der Waals surface area (Å²) in [4.78, 5) is 2.36. The zero-order chi connectivity index (χ0) is 45.7. The van der Waals surface area contributed by atoms with Crippen LogP contribution < -0.4 is 4.90 Å². The number of aromatic nitrogens is 1. The molecule has 0 amide bonds. The molecule has 0 unspecified atom stereocenters. The maximum absolute atomic E-state index is 6.27. The van der Waals surface area contributed by atoms with Crippen LogP contribution in [0.1, 0.15) is 0 Å². The zero-order valence-electron chi connectivity index (χ0n) is 37.7. The third-order valence-corrected chi connectivity index (χ3v) is 13.6. The normalized spacial score (nSPS) is 11.5. The fourth-order valence-electron chi connectivity index (χ4n) is 10.2. The van der Waals surface area contributed by atoms with Crippen LogP contribution in [0.25, 0.3) is 105 Å². The Bertz CT molecular complexity index is 3940. The maximum Gasteiger partial charge on any atom is 0.136 e. The van der Waals surface area contributed by atoms with E-state index in [1.54, 1.807) is 0 Å². The van der Waals surface area contributed by atoms with Gasteiger partial charge >= 0.3 is 0 Å². The molecular weight excluding hydrogens is 837 g/mol. The molecular formula is C66H44N2O. The van der Waals surface area contributed by atoms with E-state index in [0.29, 0.717) is 0 Å². The van der Waals surface area contributed by atoms with E-state index in [1.165, 1.54) is 55.2 Å². The van der Waals surface area contributed by atoms with Crippen LogP contribution in [0, 0.1) is 0 Å². The van der Waals surface area contributed by atoms with Gasteiger partial charge in [0.25, 0.3) is 0 Å². The molecule has 2 heterocycles. The number of furan rings is 1. The van der Waals surface area contributed by atoms with Crippen molar-refractivity contribution in [3.8, 4) is 61.3 Å². The van der Waals surface area contributed by atoms with Crippen LogP contribution in [0.4, 0.5) is 17.1 Å². The Kier molecular flexibility index (Phi) is 9.84. The second-order valence-corrected chi connectivity index (χ2v) is 17.7. The molecule has 0 atom stereocenters. The quantitative estimate of drug-likeness (QED) is 0.144. The number of benzene rings is 11. The van der Waals surface area contributed by atoms with Gasteiger partial charge in [-0.15, -0.1) is 0 Å². The molecule has 11 aromatic carbocycles. The Labute approximate surface area is 401 Å². The summed E-state index contributed by atoms with van der Waals surface area (Å²) < 4.78 is 8.64. The summed E-state index contributed by atoms with van der Waals surface area (Å²) in [6, 6.07) is 96.1. The number of rotatable bonds is 9. The minimum Gasteiger partial charge on any atom is -0.456 e. The largest absolute Gasteiger partial charge is 0.456 e. The molecule has 0 aliphatic rings. The smallest absolute Gasteiger partial charge is 0.136 e. The number of nitrogens with zero attached hydrogens (tertiary/aromatic N) is 2. The standard InChI is InChI=1S/C66H44N2O/c1-2-13-45(14-3-1)49-15-11-18-52(42-49)53-19-12-20-58(43-53)67(56-36-29-48(30-37-56)54-33-40-62-61-23-6-9-26-65(61)69-66(62)44-54)55-34-27-46(28-35-55)50-16-10-17-51(41-50)47-31-38-57(39-32-47)68-63-24-7-4-21-59(63)60-22-5-8-25-64(60)68/h1-44H. The Morgan fingerprint density at radius 2 is 0.652 bits per heavy atom. The van der Waals surface area contributed by atoms with E-state index in [2.05, 4.69) is 264 Å². The van der Waals surface area contributed by atoms with Gasteiger partial charge in [0.05, 0.1) is 11.0 Å². The second-order valence-electron chi connectivity index (χ2n) is 17.7. The molecule has 69 heavy (non-hydrogen) atoms. The molecule has 13 rings (SSSR count). The summed E-state index contributed by atoms with van der Waals surface area (Å²) in [6.45, 7) is 0. The van der Waals surface area contributed by atoms with Crippen LogP contribution in [0.5, 0.6) is 0 Å². The molecule has 13 aromatic rings. The summed E-state index contributed by atoms with van der Waals surface area (Å²) in [5.41, 5.74) is 20.3. The summed E-state index contributed by atoms with van der Waals surface area (Å²) in [6.07, 6.45) is 0. The highest BCUT2D eigenvalue weighted by Gasteiger charge is 2.17. The van der Waals surface area contributed by atoms with Gasteiger partial charge in [0.1, 0.15) is 11.2 Å². The monoisotopic (exact) mass is 880 g/mol. The highest BCUT2D eigenvalue weighted by Crippen LogP contribution is 2.41. The van der Waals surface area contributed by atoms with E-state index >= 15 is 0 Å². The predicted octanol–water partition coefficient (Wildman–Crippen LogP) is 18.5. The van der Waals surface area contributed by atoms with Gasteiger partial charge in [-0.25, -0.2) is 0 Å². The molecule has 0 aliphatic carbocycles. The third-order valence-electron chi connectivity index (χ3n) is 13.6. The van der Waals surface area contributed by atoms with Gasteiger partial charge in [0.15, 0.2) is 0 Å². The predicted molar refractivity (Wildman–Crippen MR) is 290 cm³/mol. The van der Waals surface area contributed by atoms with Crippen LogP contribution in [-0.2, 0) is 0 Å². The lowest BCUT2D eigenvalue weighted by molar-refractivity contribution is 0.669. The fraction of sp³-hybridized carbons (Fsp3) is 0. The molecule has 0 aliphatic heterocycles. The second kappa shape index (κ2) is 16.9. The number of hydrogen-bond donors (Lipinski definition) is 0. The molecule has 324 valence electrons. The van der Waals surface area contributed by atoms with Crippen molar-refractivity contribution >= 4 is 60.8 Å². The summed E-state index contributed by atoms with van der Waals surface area (Å²) in [5, 5.41) is 4.80. The van der Waals surface area contributed by atoms with Crippen molar-refractivity contribution in [1.29, 1.82) is 0 Å². The van der Waals surface area contributed by atoms with Crippen molar-refractivity contribution in [1.82, 2.24) is 4.57 Å². The lowest BCUT2D eigenvalue weighted by Gasteiger charge is -2.26. The molecule has 3 heteroatoms. The van der Waals surface area contributed by atoms with E-state index in [9.17, 15) is 0 Å². The maximum atomic E-state index is 6.27. The number of hydrogen-bond acceptors (Lipinski definition) is 2. The lowest BCUT2D eigenvalue weighted by atomic mass is 9.98. The van der Waals surface area contributed by atoms with Crippen molar-refractivity contribution in [2.24, 2.45) is 0 Å². The van der Waals surface area contributed by atoms with Crippen LogP contribution in [0.3, 0.4) is 0 Å². The Balaban J connectivity index is 0.837. The van der Waals surface area contributed by atoms with Crippen molar-refractivity contribution in [2.75, 3.05) is 4.90 Å². The van der Waals surface area contributed by atoms with Crippen molar-refractivity contribution < 1.29 is 4.42 Å². The zero-order valence-corrected chi connectivity index (χ0v) is 37.7. The number of fused-ring (bicyclic) bond motifs is 6. The third kappa shape index (κ3) is 7.34. The molecule has 0 saturated heterocycles. The number of anilines is 3. The molecule has 2 aromatic heterocycles. The van der Waals surface area contributed by atoms with E-state index in [1.807, 2.05) is 12.1 Å². The van der Waals surface area contributed by atoms with Crippen LogP contribution in [-0.4, -0.2) is 4.57 Å². The Morgan fingerprint density at radius 1 is 0.246 bits per heavy atom. The van der Waals surface area contributed by atoms with Gasteiger partial charge in [-0.05, 0) is 147 Å². The minimum absolute atomic E-state index is 0.895. The molecule has 0 saturated carbocycles. The summed E-state index contributed by atoms with van der Waals surface area (Å²) >= 11 is 0. The van der Waals surface area contributed by atoms with Gasteiger partial charge in [0.2, 0.25) is 0 Å². The molecule has 3 nitrogen and oxygen atoms in total. The first-order valence-corrected chi connectivity index (χ1v) is 23.6.